The zero-order valence-electron chi connectivity index (χ0n) is 20.0. The van der Waals surface area contributed by atoms with Crippen LogP contribution in [-0.2, 0) is 16.8 Å². The summed E-state index contributed by atoms with van der Waals surface area (Å²) in [6.45, 7) is 5.98. The number of aryl methyl sites for hydroxylation is 1. The van der Waals surface area contributed by atoms with Crippen LogP contribution in [0.15, 0.2) is 55.0 Å². The number of carbonyl (C=O) groups is 2. The lowest BCUT2D eigenvalue weighted by molar-refractivity contribution is -0.136. The van der Waals surface area contributed by atoms with E-state index in [2.05, 4.69) is 20.3 Å². The van der Waals surface area contributed by atoms with Gasteiger partial charge in [-0.05, 0) is 69.2 Å². The fourth-order valence-corrected chi connectivity index (χ4v) is 3.72. The maximum absolute atomic E-state index is 14.5. The minimum atomic E-state index is -0.974. The number of aromatic nitrogens is 4. The maximum atomic E-state index is 14.5. The van der Waals surface area contributed by atoms with E-state index in [1.165, 1.54) is 30.5 Å². The number of aliphatic carboxylic acids is 1. The molecule has 8 nitrogen and oxygen atoms in total. The van der Waals surface area contributed by atoms with E-state index in [1.807, 2.05) is 25.3 Å². The minimum absolute atomic E-state index is 0.0399. The summed E-state index contributed by atoms with van der Waals surface area (Å²) in [5, 5.41) is 11.3. The third kappa shape index (κ3) is 5.32. The quantitative estimate of drug-likeness (QED) is 0.326. The fraction of sp³-hybridized carbons (Fsp3) is 0.231. The van der Waals surface area contributed by atoms with E-state index >= 15 is 0 Å². The van der Waals surface area contributed by atoms with Crippen LogP contribution in [-0.4, -0.2) is 36.5 Å². The predicted octanol–water partition coefficient (Wildman–Crippen LogP) is 5.24. The van der Waals surface area contributed by atoms with Crippen molar-refractivity contribution in [1.29, 1.82) is 0 Å². The molecule has 0 aliphatic rings. The number of imidazole rings is 2. The van der Waals surface area contributed by atoms with Gasteiger partial charge in [-0.3, -0.25) is 9.59 Å². The molecule has 0 saturated carbocycles. The number of H-pyrrole nitrogens is 1. The van der Waals surface area contributed by atoms with Crippen molar-refractivity contribution in [2.24, 2.45) is 0 Å². The highest BCUT2D eigenvalue weighted by Gasteiger charge is 2.25. The van der Waals surface area contributed by atoms with E-state index in [4.69, 9.17) is 5.11 Å². The highest BCUT2D eigenvalue weighted by Crippen LogP contribution is 2.33. The molecule has 0 atom stereocenters. The van der Waals surface area contributed by atoms with Crippen molar-refractivity contribution in [2.45, 2.75) is 39.2 Å². The molecule has 0 bridgehead atoms. The molecule has 2 aromatic heterocycles. The van der Waals surface area contributed by atoms with Crippen LogP contribution in [0, 0.1) is 11.6 Å². The molecular formula is C26H25F2N5O3. The van der Waals surface area contributed by atoms with Gasteiger partial charge in [0.05, 0.1) is 23.9 Å². The summed E-state index contributed by atoms with van der Waals surface area (Å²) in [7, 11) is 0. The first-order valence-electron chi connectivity index (χ1n) is 11.2. The molecule has 3 N–H and O–H groups in total. The Morgan fingerprint density at radius 3 is 2.44 bits per heavy atom. The number of hydrogen-bond acceptors (Lipinski definition) is 4. The first-order chi connectivity index (χ1) is 17.0. The van der Waals surface area contributed by atoms with E-state index in [0.717, 1.165) is 0 Å². The molecule has 36 heavy (non-hydrogen) atoms. The number of amides is 1. The van der Waals surface area contributed by atoms with Crippen LogP contribution in [0.1, 0.15) is 43.2 Å². The van der Waals surface area contributed by atoms with E-state index < -0.39 is 17.7 Å². The first kappa shape index (κ1) is 24.8. The second-order valence-electron chi connectivity index (χ2n) is 9.30. The van der Waals surface area contributed by atoms with E-state index in [-0.39, 0.29) is 35.6 Å². The van der Waals surface area contributed by atoms with Gasteiger partial charge in [0.25, 0.3) is 5.91 Å². The molecular weight excluding hydrogens is 468 g/mol. The second-order valence-corrected chi connectivity index (χ2v) is 9.30. The number of benzene rings is 2. The smallest absolute Gasteiger partial charge is 0.303 e. The summed E-state index contributed by atoms with van der Waals surface area (Å²) in [5.41, 5.74) is 2.06. The lowest BCUT2D eigenvalue weighted by Crippen LogP contribution is -2.22. The summed E-state index contributed by atoms with van der Waals surface area (Å²) in [4.78, 5) is 35.4. The highest BCUT2D eigenvalue weighted by atomic mass is 19.1. The lowest BCUT2D eigenvalue weighted by Gasteiger charge is -2.23. The van der Waals surface area contributed by atoms with Crippen LogP contribution in [0.4, 0.5) is 14.5 Å². The second kappa shape index (κ2) is 9.73. The monoisotopic (exact) mass is 493 g/mol. The summed E-state index contributed by atoms with van der Waals surface area (Å²) >= 11 is 0. The van der Waals surface area contributed by atoms with E-state index in [0.29, 0.717) is 28.3 Å². The van der Waals surface area contributed by atoms with Gasteiger partial charge in [-0.2, -0.15) is 0 Å². The number of rotatable bonds is 7. The number of nitrogens with one attached hydrogen (secondary N) is 2. The topological polar surface area (TPSA) is 113 Å². The Labute approximate surface area is 206 Å². The molecule has 0 unspecified atom stereocenters. The molecule has 0 spiro atoms. The van der Waals surface area contributed by atoms with Crippen molar-refractivity contribution in [3.8, 4) is 22.8 Å². The predicted molar refractivity (Wildman–Crippen MR) is 131 cm³/mol. The number of anilines is 1. The zero-order valence-corrected chi connectivity index (χ0v) is 20.0. The number of halogens is 2. The molecule has 0 saturated heterocycles. The van der Waals surface area contributed by atoms with Gasteiger partial charge in [0.1, 0.15) is 23.0 Å². The van der Waals surface area contributed by atoms with E-state index in [1.54, 1.807) is 24.5 Å². The molecule has 2 aromatic carbocycles. The molecule has 0 fully saturated rings. The van der Waals surface area contributed by atoms with E-state index in [9.17, 15) is 18.4 Å². The van der Waals surface area contributed by atoms with Crippen LogP contribution >= 0.6 is 0 Å². The van der Waals surface area contributed by atoms with Crippen LogP contribution in [0.2, 0.25) is 0 Å². The van der Waals surface area contributed by atoms with Crippen molar-refractivity contribution < 1.29 is 23.5 Å². The van der Waals surface area contributed by atoms with Gasteiger partial charge in [-0.1, -0.05) is 6.07 Å². The Hall–Kier alpha value is -4.34. The number of aromatic amines is 1. The van der Waals surface area contributed by atoms with Gasteiger partial charge < -0.3 is 20.0 Å². The number of nitrogens with zero attached hydrogens (tertiary/aromatic N) is 3. The number of carbonyl (C=O) groups excluding carboxylic acids is 1. The van der Waals surface area contributed by atoms with Crippen molar-refractivity contribution in [2.75, 3.05) is 5.32 Å². The third-order valence-electron chi connectivity index (χ3n) is 5.56. The summed E-state index contributed by atoms with van der Waals surface area (Å²) in [6, 6.07) is 10.1. The van der Waals surface area contributed by atoms with Crippen molar-refractivity contribution >= 4 is 17.6 Å². The number of hydrogen-bond donors (Lipinski definition) is 3. The summed E-state index contributed by atoms with van der Waals surface area (Å²) in [6.07, 6.45) is 3.07. The first-order valence-corrected chi connectivity index (χ1v) is 11.2. The molecule has 4 aromatic rings. The normalized spacial score (nSPS) is 11.5. The Bertz CT molecular complexity index is 1420. The van der Waals surface area contributed by atoms with Gasteiger partial charge in [0, 0.05) is 17.5 Å². The average Bonchev–Trinajstić information content (AvgIpc) is 3.47. The molecule has 1 amide bonds. The number of carboxylic acids is 1. The van der Waals surface area contributed by atoms with Gasteiger partial charge in [0.15, 0.2) is 5.82 Å². The van der Waals surface area contributed by atoms with Crippen LogP contribution in [0.5, 0.6) is 0 Å². The summed E-state index contributed by atoms with van der Waals surface area (Å²) < 4.78 is 29.9. The molecule has 2 heterocycles. The SMILES string of the molecule is CC(C)(C)n1cnc(-c2ccc(F)cc2)c1-c1ncc(C(=O)Nc2ccc(CCC(=O)O)cc2F)[nH]1. The fourth-order valence-electron chi connectivity index (χ4n) is 3.72. The van der Waals surface area contributed by atoms with Crippen molar-refractivity contribution in [1.82, 2.24) is 19.5 Å². The standard InChI is InChI=1S/C26H25F2N5O3/c1-26(2,3)33-14-30-22(16-6-8-17(27)9-7-16)23(33)24-29-13-20(31-24)25(36)32-19-10-4-15(12-18(19)28)5-11-21(34)35/h4,6-10,12-14H,5,11H2,1-3H3,(H,29,31)(H,32,36)(H,34,35). The Morgan fingerprint density at radius 2 is 1.81 bits per heavy atom. The number of carboxylic acid groups (broad SMARTS) is 1. The molecule has 4 rings (SSSR count). The third-order valence-corrected chi connectivity index (χ3v) is 5.56. The van der Waals surface area contributed by atoms with Gasteiger partial charge in [-0.25, -0.2) is 18.7 Å². The zero-order chi connectivity index (χ0) is 26.0. The van der Waals surface area contributed by atoms with Gasteiger partial charge in [-0.15, -0.1) is 0 Å². The molecule has 0 radical (unpaired) electrons. The van der Waals surface area contributed by atoms with Crippen molar-refractivity contribution in [3.63, 3.8) is 0 Å². The molecule has 186 valence electrons. The lowest BCUT2D eigenvalue weighted by atomic mass is 10.1. The Balaban J connectivity index is 1.62. The Morgan fingerprint density at radius 1 is 1.08 bits per heavy atom. The summed E-state index contributed by atoms with van der Waals surface area (Å²) in [5.74, 6) is -2.24. The van der Waals surface area contributed by atoms with Gasteiger partial charge in [0.2, 0.25) is 0 Å². The van der Waals surface area contributed by atoms with Crippen LogP contribution in [0.3, 0.4) is 0 Å². The molecule has 0 aliphatic heterocycles. The van der Waals surface area contributed by atoms with Gasteiger partial charge >= 0.3 is 5.97 Å². The van der Waals surface area contributed by atoms with Crippen LogP contribution < -0.4 is 5.32 Å². The average molecular weight is 494 g/mol. The highest BCUT2D eigenvalue weighted by molar-refractivity contribution is 6.03. The molecule has 10 heteroatoms. The van der Waals surface area contributed by atoms with Crippen LogP contribution in [0.25, 0.3) is 22.8 Å². The van der Waals surface area contributed by atoms with Crippen molar-refractivity contribution in [3.05, 3.63) is 77.9 Å². The minimum Gasteiger partial charge on any atom is -0.481 e. The maximum Gasteiger partial charge on any atom is 0.303 e. The molecule has 0 aliphatic carbocycles. The Kier molecular flexibility index (Phi) is 6.69. The largest absolute Gasteiger partial charge is 0.481 e.